The molecule has 0 aromatic heterocycles. The van der Waals surface area contributed by atoms with Crippen molar-refractivity contribution in [3.8, 4) is 11.5 Å². The number of aryl methyl sites for hydroxylation is 2. The third-order valence-electron chi connectivity index (χ3n) is 8.91. The summed E-state index contributed by atoms with van der Waals surface area (Å²) in [5, 5.41) is 0. The third kappa shape index (κ3) is 7.34. The van der Waals surface area contributed by atoms with E-state index in [2.05, 4.69) is 16.4 Å². The first kappa shape index (κ1) is 29.8. The molecule has 9 heteroatoms. The van der Waals surface area contributed by atoms with Crippen molar-refractivity contribution in [2.45, 2.75) is 82.8 Å². The topological polar surface area (TPSA) is 94.5 Å². The summed E-state index contributed by atoms with van der Waals surface area (Å²) in [7, 11) is 4.01. The van der Waals surface area contributed by atoms with Gasteiger partial charge in [0.05, 0.1) is 24.2 Å². The molecule has 0 amide bonds. The van der Waals surface area contributed by atoms with E-state index in [1.54, 1.807) is 0 Å². The first-order valence-corrected chi connectivity index (χ1v) is 15.3. The van der Waals surface area contributed by atoms with Crippen molar-refractivity contribution in [2.24, 2.45) is 28.3 Å². The second-order valence-electron chi connectivity index (χ2n) is 12.0. The van der Waals surface area contributed by atoms with Crippen LogP contribution in [0.1, 0.15) is 75.8 Å². The molecule has 0 unspecified atom stereocenters. The van der Waals surface area contributed by atoms with E-state index in [4.69, 9.17) is 14.2 Å². The summed E-state index contributed by atoms with van der Waals surface area (Å²) in [6.45, 7) is 5.64. The molecule has 4 aliphatic carbocycles. The van der Waals surface area contributed by atoms with E-state index in [1.807, 2.05) is 33.2 Å². The fourth-order valence-corrected chi connectivity index (χ4v) is 8.18. The predicted molar refractivity (Wildman–Crippen MR) is 153 cm³/mol. The average molecular weight is 561 g/mol. The summed E-state index contributed by atoms with van der Waals surface area (Å²) in [4.78, 5) is 38.5. The summed E-state index contributed by atoms with van der Waals surface area (Å²) in [5.74, 6) is 2.98. The molecule has 1 aromatic carbocycles. The SMILES string of the molecule is CCCc1cc(OC(=O)CCC(=O)OCCC2(SN=O)C3CC4CC(C3)CC2C4)c(C)cc1OCCN(C)C. The smallest absolute Gasteiger partial charge is 0.311 e. The quantitative estimate of drug-likeness (QED) is 0.110. The Balaban J connectivity index is 1.25. The fourth-order valence-electron chi connectivity index (χ4n) is 7.18. The molecule has 8 nitrogen and oxygen atoms in total. The second-order valence-corrected chi connectivity index (χ2v) is 13.1. The lowest BCUT2D eigenvalue weighted by molar-refractivity contribution is -0.147. The van der Waals surface area contributed by atoms with Crippen molar-refractivity contribution in [3.05, 3.63) is 28.2 Å². The summed E-state index contributed by atoms with van der Waals surface area (Å²) < 4.78 is 20.2. The zero-order chi connectivity index (χ0) is 28.0. The van der Waals surface area contributed by atoms with Crippen molar-refractivity contribution >= 4 is 23.9 Å². The highest BCUT2D eigenvalue weighted by atomic mass is 32.2. The van der Waals surface area contributed by atoms with Crippen LogP contribution < -0.4 is 9.47 Å². The van der Waals surface area contributed by atoms with Gasteiger partial charge >= 0.3 is 11.9 Å². The van der Waals surface area contributed by atoms with Crippen molar-refractivity contribution in [2.75, 3.05) is 33.9 Å². The number of hydrogen-bond donors (Lipinski definition) is 0. The Hall–Kier alpha value is -2.13. The van der Waals surface area contributed by atoms with Gasteiger partial charge in [-0.05, 0) is 113 Å². The Morgan fingerprint density at radius 3 is 2.28 bits per heavy atom. The van der Waals surface area contributed by atoms with E-state index >= 15 is 0 Å². The minimum absolute atomic E-state index is 0.0332. The number of carbonyl (C=O) groups excluding carboxylic acids is 2. The molecule has 0 atom stereocenters. The maximum Gasteiger partial charge on any atom is 0.311 e. The molecule has 0 spiro atoms. The van der Waals surface area contributed by atoms with E-state index in [9.17, 15) is 14.5 Å². The van der Waals surface area contributed by atoms with E-state index in [1.165, 1.54) is 18.4 Å². The van der Waals surface area contributed by atoms with Crippen LogP contribution in [0.15, 0.2) is 16.7 Å². The van der Waals surface area contributed by atoms with Crippen LogP contribution in [0.25, 0.3) is 0 Å². The first-order chi connectivity index (χ1) is 18.7. The molecule has 216 valence electrons. The van der Waals surface area contributed by atoms with Gasteiger partial charge in [0.15, 0.2) is 0 Å². The number of esters is 2. The first-order valence-electron chi connectivity index (χ1n) is 14.5. The summed E-state index contributed by atoms with van der Waals surface area (Å²) in [5.41, 5.74) is 1.82. The standard InChI is InChI=1S/C30H44N2O6S/c1-5-6-23-19-26(20(2)13-27(23)36-12-10-32(3)4)38-29(34)8-7-28(33)37-11-9-30(39-31-35)24-15-21-14-22(17-24)18-25(30)16-21/h13,19,21-22,24-25H,5-12,14-18H2,1-4H3. The lowest BCUT2D eigenvalue weighted by Gasteiger charge is -2.59. The molecule has 0 radical (unpaired) electrons. The molecule has 0 N–H and O–H groups in total. The molecule has 0 heterocycles. The summed E-state index contributed by atoms with van der Waals surface area (Å²) in [6.07, 6.45) is 8.32. The van der Waals surface area contributed by atoms with E-state index in [-0.39, 0.29) is 24.2 Å². The molecule has 0 aliphatic heterocycles. The van der Waals surface area contributed by atoms with Gasteiger partial charge in [-0.25, -0.2) is 0 Å². The number of ether oxygens (including phenoxy) is 3. The molecule has 0 saturated heterocycles. The Kier molecular flexibility index (Phi) is 10.3. The minimum atomic E-state index is -0.461. The number of hydrogen-bond acceptors (Lipinski definition) is 9. The number of rotatable bonds is 15. The van der Waals surface area contributed by atoms with Gasteiger partial charge in [-0.15, -0.1) is 4.91 Å². The third-order valence-corrected chi connectivity index (χ3v) is 10.2. The van der Waals surface area contributed by atoms with Gasteiger partial charge in [-0.3, -0.25) is 9.59 Å². The maximum atomic E-state index is 12.6. The van der Waals surface area contributed by atoms with Crippen LogP contribution in [-0.2, 0) is 20.7 Å². The van der Waals surface area contributed by atoms with Crippen LogP contribution in [0.5, 0.6) is 11.5 Å². The van der Waals surface area contributed by atoms with E-state index < -0.39 is 11.9 Å². The summed E-state index contributed by atoms with van der Waals surface area (Å²) >= 11 is 1.19. The average Bonchev–Trinajstić information content (AvgIpc) is 2.88. The van der Waals surface area contributed by atoms with Crippen LogP contribution in [0.3, 0.4) is 0 Å². The Morgan fingerprint density at radius 2 is 1.67 bits per heavy atom. The lowest BCUT2D eigenvalue weighted by atomic mass is 9.51. The van der Waals surface area contributed by atoms with Gasteiger partial charge in [-0.2, -0.15) is 0 Å². The highest BCUT2D eigenvalue weighted by Crippen LogP contribution is 2.64. The molecule has 4 saturated carbocycles. The molecule has 5 rings (SSSR count). The zero-order valence-electron chi connectivity index (χ0n) is 23.9. The Labute approximate surface area is 237 Å². The molecule has 4 aliphatic rings. The van der Waals surface area contributed by atoms with Gasteiger partial charge < -0.3 is 19.1 Å². The minimum Gasteiger partial charge on any atom is -0.492 e. The van der Waals surface area contributed by atoms with Crippen LogP contribution in [0, 0.1) is 35.5 Å². The van der Waals surface area contributed by atoms with Gasteiger partial charge in [0.1, 0.15) is 18.1 Å². The van der Waals surface area contributed by atoms with Gasteiger partial charge in [-0.1, -0.05) is 13.3 Å². The fraction of sp³-hybridized carbons (Fsp3) is 0.733. The van der Waals surface area contributed by atoms with Crippen LogP contribution >= 0.6 is 11.9 Å². The number of carbonyl (C=O) groups is 2. The molecule has 1 aromatic rings. The predicted octanol–water partition coefficient (Wildman–Crippen LogP) is 6.12. The van der Waals surface area contributed by atoms with Gasteiger partial charge in [0, 0.05) is 23.1 Å². The highest BCUT2D eigenvalue weighted by Gasteiger charge is 2.58. The van der Waals surface area contributed by atoms with Crippen molar-refractivity contribution in [1.82, 2.24) is 4.90 Å². The highest BCUT2D eigenvalue weighted by molar-refractivity contribution is 7.99. The summed E-state index contributed by atoms with van der Waals surface area (Å²) in [6, 6.07) is 3.80. The Bertz CT molecular complexity index is 1000. The molecule has 4 bridgehead atoms. The Morgan fingerprint density at radius 1 is 1.00 bits per heavy atom. The van der Waals surface area contributed by atoms with Crippen molar-refractivity contribution in [1.29, 1.82) is 0 Å². The van der Waals surface area contributed by atoms with Crippen LogP contribution in [-0.4, -0.2) is 55.4 Å². The number of nitrogens with zero attached hydrogens (tertiary/aromatic N) is 2. The number of benzene rings is 1. The molecule has 4 fully saturated rings. The largest absolute Gasteiger partial charge is 0.492 e. The van der Waals surface area contributed by atoms with Crippen molar-refractivity contribution < 1.29 is 23.8 Å². The zero-order valence-corrected chi connectivity index (χ0v) is 24.7. The second kappa shape index (κ2) is 13.5. The number of likely N-dealkylation sites (N-methyl/N-ethyl adjacent to an activating group) is 1. The van der Waals surface area contributed by atoms with Gasteiger partial charge in [0.2, 0.25) is 0 Å². The molecular weight excluding hydrogens is 516 g/mol. The lowest BCUT2D eigenvalue weighted by Crippen LogP contribution is -2.56. The van der Waals surface area contributed by atoms with Crippen LogP contribution in [0.4, 0.5) is 0 Å². The number of nitroso groups, excluding NO2 is 1. The normalized spacial score (nSPS) is 27.0. The molecule has 39 heavy (non-hydrogen) atoms. The van der Waals surface area contributed by atoms with Crippen molar-refractivity contribution in [3.63, 3.8) is 0 Å². The van der Waals surface area contributed by atoms with E-state index in [0.717, 1.165) is 73.8 Å². The van der Waals surface area contributed by atoms with Gasteiger partial charge in [0.25, 0.3) is 0 Å². The van der Waals surface area contributed by atoms with E-state index in [0.29, 0.717) is 30.6 Å². The van der Waals surface area contributed by atoms with Crippen LogP contribution in [0.2, 0.25) is 0 Å². The maximum absolute atomic E-state index is 12.6. The molecular formula is C30H44N2O6S. The monoisotopic (exact) mass is 560 g/mol.